The van der Waals surface area contributed by atoms with Crippen molar-refractivity contribution in [3.05, 3.63) is 62.7 Å². The summed E-state index contributed by atoms with van der Waals surface area (Å²) in [4.78, 5) is 40.0. The van der Waals surface area contributed by atoms with Gasteiger partial charge in [0.05, 0.1) is 23.1 Å². The van der Waals surface area contributed by atoms with E-state index in [2.05, 4.69) is 4.90 Å². The highest BCUT2D eigenvalue weighted by atomic mass is 16.6. The van der Waals surface area contributed by atoms with Crippen molar-refractivity contribution in [2.24, 2.45) is 0 Å². The average Bonchev–Trinajstić information content (AvgIpc) is 2.87. The zero-order valence-corrected chi connectivity index (χ0v) is 18.5. The number of nitro benzene ring substituents is 2. The van der Waals surface area contributed by atoms with Crippen LogP contribution >= 0.6 is 0 Å². The van der Waals surface area contributed by atoms with Gasteiger partial charge in [-0.15, -0.1) is 0 Å². The minimum atomic E-state index is -0.548. The van der Waals surface area contributed by atoms with Gasteiger partial charge in [-0.05, 0) is 18.2 Å². The molecule has 0 unspecified atom stereocenters. The van der Waals surface area contributed by atoms with Crippen LogP contribution < -0.4 is 14.5 Å². The molecule has 0 atom stereocenters. The molecular formula is C22H25N5O7. The first-order valence-corrected chi connectivity index (χ1v) is 10.9. The highest BCUT2D eigenvalue weighted by molar-refractivity contribution is 5.78. The van der Waals surface area contributed by atoms with Crippen molar-refractivity contribution in [3.8, 4) is 5.75 Å². The molecule has 0 spiro atoms. The average molecular weight is 471 g/mol. The molecule has 0 bridgehead atoms. The third-order valence-electron chi connectivity index (χ3n) is 5.92. The molecule has 2 heterocycles. The van der Waals surface area contributed by atoms with Gasteiger partial charge in [-0.25, -0.2) is 0 Å². The maximum Gasteiger partial charge on any atom is 0.310 e. The molecule has 0 saturated carbocycles. The smallest absolute Gasteiger partial charge is 0.310 e. The summed E-state index contributed by atoms with van der Waals surface area (Å²) in [5.41, 5.74) is 1.30. The van der Waals surface area contributed by atoms with E-state index in [4.69, 9.17) is 9.47 Å². The highest BCUT2D eigenvalue weighted by Gasteiger charge is 2.26. The number of amides is 1. The van der Waals surface area contributed by atoms with E-state index in [0.29, 0.717) is 58.2 Å². The van der Waals surface area contributed by atoms with E-state index < -0.39 is 4.92 Å². The molecule has 4 rings (SSSR count). The summed E-state index contributed by atoms with van der Waals surface area (Å²) in [6.07, 6.45) is 0. The normalized spacial score (nSPS) is 16.3. The van der Waals surface area contributed by atoms with Gasteiger partial charge in [-0.2, -0.15) is 0 Å². The molecule has 34 heavy (non-hydrogen) atoms. The number of morpholine rings is 1. The third-order valence-corrected chi connectivity index (χ3v) is 5.92. The third kappa shape index (κ3) is 5.17. The fourth-order valence-corrected chi connectivity index (χ4v) is 4.10. The fourth-order valence-electron chi connectivity index (χ4n) is 4.10. The van der Waals surface area contributed by atoms with Gasteiger partial charge in [0.15, 0.2) is 12.4 Å². The Labute approximate surface area is 195 Å². The van der Waals surface area contributed by atoms with E-state index in [-0.39, 0.29) is 34.6 Å². The van der Waals surface area contributed by atoms with E-state index in [9.17, 15) is 25.0 Å². The van der Waals surface area contributed by atoms with Crippen molar-refractivity contribution >= 4 is 28.7 Å². The number of rotatable bonds is 7. The van der Waals surface area contributed by atoms with Gasteiger partial charge in [0.1, 0.15) is 5.69 Å². The topological polar surface area (TPSA) is 132 Å². The molecule has 12 nitrogen and oxygen atoms in total. The van der Waals surface area contributed by atoms with Crippen LogP contribution in [0.2, 0.25) is 0 Å². The van der Waals surface area contributed by atoms with Crippen LogP contribution in [0.5, 0.6) is 5.75 Å². The number of hydrogen-bond donors (Lipinski definition) is 0. The number of ether oxygens (including phenoxy) is 2. The summed E-state index contributed by atoms with van der Waals surface area (Å²) in [5, 5.41) is 22.6. The van der Waals surface area contributed by atoms with Gasteiger partial charge in [-0.3, -0.25) is 25.0 Å². The SMILES string of the molecule is O=C(COc1ccccc1[N+](=O)[O-])N1CCN(c2ccc([N+](=O)[O-])c(N3CCOCC3)c2)CC1. The Bertz CT molecular complexity index is 1070. The molecule has 0 N–H and O–H groups in total. The van der Waals surface area contributed by atoms with Crippen LogP contribution in [0.15, 0.2) is 42.5 Å². The van der Waals surface area contributed by atoms with Gasteiger partial charge in [0, 0.05) is 57.1 Å². The summed E-state index contributed by atoms with van der Waals surface area (Å²) < 4.78 is 10.8. The van der Waals surface area contributed by atoms with Crippen molar-refractivity contribution in [3.63, 3.8) is 0 Å². The summed E-state index contributed by atoms with van der Waals surface area (Å²) in [7, 11) is 0. The lowest BCUT2D eigenvalue weighted by Crippen LogP contribution is -2.50. The Morgan fingerprint density at radius 3 is 2.24 bits per heavy atom. The van der Waals surface area contributed by atoms with Gasteiger partial charge in [0.25, 0.3) is 11.6 Å². The zero-order valence-electron chi connectivity index (χ0n) is 18.5. The van der Waals surface area contributed by atoms with Gasteiger partial charge in [-0.1, -0.05) is 12.1 Å². The standard InChI is InChI=1S/C22H25N5O7/c28-22(16-34-21-4-2-1-3-19(21)27(31)32)25-9-7-23(8-10-25)17-5-6-18(26(29)30)20(15-17)24-11-13-33-14-12-24/h1-6,15H,7-14,16H2. The molecule has 2 fully saturated rings. The molecule has 180 valence electrons. The first-order chi connectivity index (χ1) is 16.4. The summed E-state index contributed by atoms with van der Waals surface area (Å²) >= 11 is 0. The quantitative estimate of drug-likeness (QED) is 0.440. The van der Waals surface area contributed by atoms with Gasteiger partial charge < -0.3 is 24.2 Å². The van der Waals surface area contributed by atoms with Gasteiger partial charge in [0.2, 0.25) is 0 Å². The monoisotopic (exact) mass is 471 g/mol. The van der Waals surface area contributed by atoms with Crippen molar-refractivity contribution in [1.29, 1.82) is 0 Å². The summed E-state index contributed by atoms with van der Waals surface area (Å²) in [6.45, 7) is 3.94. The Kier molecular flexibility index (Phi) is 7.07. The predicted octanol–water partition coefficient (Wildman–Crippen LogP) is 2.07. The van der Waals surface area contributed by atoms with E-state index in [1.54, 1.807) is 17.0 Å². The molecule has 2 saturated heterocycles. The Balaban J connectivity index is 1.37. The molecule has 2 aliphatic rings. The maximum atomic E-state index is 12.6. The Morgan fingerprint density at radius 1 is 0.882 bits per heavy atom. The lowest BCUT2D eigenvalue weighted by atomic mass is 10.1. The molecule has 0 radical (unpaired) electrons. The van der Waals surface area contributed by atoms with Crippen LogP contribution in [0.25, 0.3) is 0 Å². The van der Waals surface area contributed by atoms with E-state index >= 15 is 0 Å². The maximum absolute atomic E-state index is 12.6. The van der Waals surface area contributed by atoms with Gasteiger partial charge >= 0.3 is 5.69 Å². The van der Waals surface area contributed by atoms with Crippen LogP contribution in [0.3, 0.4) is 0 Å². The van der Waals surface area contributed by atoms with E-state index in [1.165, 1.54) is 24.3 Å². The van der Waals surface area contributed by atoms with Crippen LogP contribution in [-0.4, -0.2) is 79.7 Å². The van der Waals surface area contributed by atoms with Crippen LogP contribution in [-0.2, 0) is 9.53 Å². The number of piperazine rings is 1. The molecule has 2 aliphatic heterocycles. The Morgan fingerprint density at radius 2 is 1.56 bits per heavy atom. The predicted molar refractivity (Wildman–Crippen MR) is 124 cm³/mol. The number of anilines is 2. The molecule has 2 aromatic carbocycles. The lowest BCUT2D eigenvalue weighted by molar-refractivity contribution is -0.385. The lowest BCUT2D eigenvalue weighted by Gasteiger charge is -2.36. The number of nitro groups is 2. The minimum Gasteiger partial charge on any atom is -0.477 e. The van der Waals surface area contributed by atoms with Crippen molar-refractivity contribution < 1.29 is 24.1 Å². The molecule has 0 aliphatic carbocycles. The summed E-state index contributed by atoms with van der Waals surface area (Å²) in [6, 6.07) is 11.0. The molecule has 0 aromatic heterocycles. The van der Waals surface area contributed by atoms with E-state index in [0.717, 1.165) is 5.69 Å². The zero-order chi connectivity index (χ0) is 24.1. The van der Waals surface area contributed by atoms with Crippen LogP contribution in [0.4, 0.5) is 22.7 Å². The summed E-state index contributed by atoms with van der Waals surface area (Å²) in [5.74, 6) is -0.198. The molecule has 12 heteroatoms. The first kappa shape index (κ1) is 23.2. The van der Waals surface area contributed by atoms with Crippen LogP contribution in [0, 0.1) is 20.2 Å². The number of carbonyl (C=O) groups is 1. The van der Waals surface area contributed by atoms with Crippen molar-refractivity contribution in [2.75, 3.05) is 68.9 Å². The highest BCUT2D eigenvalue weighted by Crippen LogP contribution is 2.33. The number of nitrogens with zero attached hydrogens (tertiary/aromatic N) is 5. The largest absolute Gasteiger partial charge is 0.477 e. The number of benzene rings is 2. The second kappa shape index (κ2) is 10.3. The van der Waals surface area contributed by atoms with Crippen LogP contribution in [0.1, 0.15) is 0 Å². The fraction of sp³-hybridized carbons (Fsp3) is 0.409. The minimum absolute atomic E-state index is 0.0565. The second-order valence-electron chi connectivity index (χ2n) is 7.91. The van der Waals surface area contributed by atoms with E-state index in [1.807, 2.05) is 11.0 Å². The Hall–Kier alpha value is -3.93. The first-order valence-electron chi connectivity index (χ1n) is 10.9. The number of hydrogen-bond acceptors (Lipinski definition) is 9. The van der Waals surface area contributed by atoms with Crippen molar-refractivity contribution in [2.45, 2.75) is 0 Å². The molecule has 1 amide bonds. The molecule has 2 aromatic rings. The number of carbonyl (C=O) groups excluding carboxylic acids is 1. The molecular weight excluding hydrogens is 446 g/mol. The van der Waals surface area contributed by atoms with Crippen molar-refractivity contribution in [1.82, 2.24) is 4.90 Å². The second-order valence-corrected chi connectivity index (χ2v) is 7.91. The number of para-hydroxylation sites is 2.